The number of hydrogen-bond acceptors (Lipinski definition) is 3. The van der Waals surface area contributed by atoms with E-state index in [2.05, 4.69) is 34.7 Å². The molecular formula is C19H26N4O2. The van der Waals surface area contributed by atoms with E-state index in [9.17, 15) is 4.79 Å². The highest BCUT2D eigenvalue weighted by Gasteiger charge is 2.23. The molecule has 1 aromatic heterocycles. The third-order valence-corrected chi connectivity index (χ3v) is 4.47. The molecule has 25 heavy (non-hydrogen) atoms. The highest BCUT2D eigenvalue weighted by Crippen LogP contribution is 2.12. The second kappa shape index (κ2) is 8.67. The van der Waals surface area contributed by atoms with E-state index >= 15 is 0 Å². The number of amides is 2. The summed E-state index contributed by atoms with van der Waals surface area (Å²) in [5.41, 5.74) is 2.44. The van der Waals surface area contributed by atoms with Crippen LogP contribution >= 0.6 is 0 Å². The summed E-state index contributed by atoms with van der Waals surface area (Å²) in [6, 6.07) is 10.4. The van der Waals surface area contributed by atoms with Crippen LogP contribution in [-0.4, -0.2) is 53.1 Å². The van der Waals surface area contributed by atoms with Crippen molar-refractivity contribution < 1.29 is 9.53 Å². The van der Waals surface area contributed by atoms with Gasteiger partial charge in [0, 0.05) is 32.9 Å². The number of ether oxygens (including phenoxy) is 1. The van der Waals surface area contributed by atoms with Gasteiger partial charge in [-0.1, -0.05) is 30.3 Å². The molecule has 1 fully saturated rings. The maximum Gasteiger partial charge on any atom is 0.317 e. The average molecular weight is 342 g/mol. The van der Waals surface area contributed by atoms with Crippen LogP contribution in [0.15, 0.2) is 42.7 Å². The molecule has 6 nitrogen and oxygen atoms in total. The van der Waals surface area contributed by atoms with Crippen molar-refractivity contribution >= 4 is 6.03 Å². The van der Waals surface area contributed by atoms with Crippen molar-refractivity contribution in [3.8, 4) is 0 Å². The molecule has 6 heteroatoms. The van der Waals surface area contributed by atoms with E-state index in [1.807, 2.05) is 30.4 Å². The lowest BCUT2D eigenvalue weighted by molar-refractivity contribution is -0.0175. The van der Waals surface area contributed by atoms with E-state index in [4.69, 9.17) is 4.74 Å². The predicted molar refractivity (Wildman–Crippen MR) is 96.4 cm³/mol. The van der Waals surface area contributed by atoms with Crippen molar-refractivity contribution in [2.24, 2.45) is 7.05 Å². The monoisotopic (exact) mass is 342 g/mol. The quantitative estimate of drug-likeness (QED) is 0.874. The maximum absolute atomic E-state index is 12.4. The lowest BCUT2D eigenvalue weighted by atomic mass is 10.1. The van der Waals surface area contributed by atoms with Crippen molar-refractivity contribution in [1.29, 1.82) is 0 Å². The molecule has 0 bridgehead atoms. The summed E-state index contributed by atoms with van der Waals surface area (Å²) in [5, 5.41) is 7.14. The number of rotatable bonds is 6. The fourth-order valence-corrected chi connectivity index (χ4v) is 3.08. The molecule has 1 atom stereocenters. The van der Waals surface area contributed by atoms with Gasteiger partial charge in [0.2, 0.25) is 0 Å². The second-order valence-electron chi connectivity index (χ2n) is 6.47. The molecule has 1 aromatic carbocycles. The van der Waals surface area contributed by atoms with E-state index in [0.29, 0.717) is 26.2 Å². The first-order valence-electron chi connectivity index (χ1n) is 8.86. The topological polar surface area (TPSA) is 59.4 Å². The van der Waals surface area contributed by atoms with Gasteiger partial charge in [0.15, 0.2) is 0 Å². The van der Waals surface area contributed by atoms with Crippen molar-refractivity contribution in [3.63, 3.8) is 0 Å². The molecule has 2 amide bonds. The Balaban J connectivity index is 1.40. The minimum absolute atomic E-state index is 0.00287. The van der Waals surface area contributed by atoms with E-state index in [1.54, 1.807) is 4.68 Å². The first-order chi connectivity index (χ1) is 12.2. The van der Waals surface area contributed by atoms with E-state index in [-0.39, 0.29) is 12.1 Å². The van der Waals surface area contributed by atoms with Crippen LogP contribution < -0.4 is 5.32 Å². The van der Waals surface area contributed by atoms with Crippen LogP contribution in [0.1, 0.15) is 17.5 Å². The van der Waals surface area contributed by atoms with Crippen molar-refractivity contribution in [2.75, 3.05) is 26.2 Å². The lowest BCUT2D eigenvalue weighted by Crippen LogP contribution is -2.50. The Morgan fingerprint density at radius 1 is 1.28 bits per heavy atom. The van der Waals surface area contributed by atoms with Crippen LogP contribution in [0.5, 0.6) is 0 Å². The Morgan fingerprint density at radius 2 is 2.12 bits per heavy atom. The van der Waals surface area contributed by atoms with Gasteiger partial charge in [0.1, 0.15) is 0 Å². The van der Waals surface area contributed by atoms with Gasteiger partial charge in [0.25, 0.3) is 0 Å². The summed E-state index contributed by atoms with van der Waals surface area (Å²) in [4.78, 5) is 14.2. The normalized spacial score (nSPS) is 17.5. The van der Waals surface area contributed by atoms with Gasteiger partial charge in [-0.25, -0.2) is 4.79 Å². The molecule has 1 aliphatic heterocycles. The zero-order valence-electron chi connectivity index (χ0n) is 14.7. The molecule has 1 N–H and O–H groups in total. The summed E-state index contributed by atoms with van der Waals surface area (Å²) in [6.45, 7) is 2.54. The fraction of sp³-hybridized carbons (Fsp3) is 0.474. The summed E-state index contributed by atoms with van der Waals surface area (Å²) in [5.74, 6) is 0. The van der Waals surface area contributed by atoms with Gasteiger partial charge in [-0.05, 0) is 30.4 Å². The number of nitrogens with one attached hydrogen (secondary N) is 1. The predicted octanol–water partition coefficient (Wildman–Crippen LogP) is 2.01. The van der Waals surface area contributed by atoms with Gasteiger partial charge in [-0.2, -0.15) is 5.10 Å². The van der Waals surface area contributed by atoms with Crippen molar-refractivity contribution in [2.45, 2.75) is 25.4 Å². The van der Waals surface area contributed by atoms with Gasteiger partial charge in [-0.3, -0.25) is 4.68 Å². The molecule has 2 aromatic rings. The average Bonchev–Trinajstić information content (AvgIpc) is 3.06. The Kier molecular flexibility index (Phi) is 6.06. The van der Waals surface area contributed by atoms with Crippen LogP contribution in [0.3, 0.4) is 0 Å². The van der Waals surface area contributed by atoms with E-state index in [0.717, 1.165) is 24.8 Å². The van der Waals surface area contributed by atoms with Gasteiger partial charge in [-0.15, -0.1) is 0 Å². The van der Waals surface area contributed by atoms with Crippen LogP contribution in [0.25, 0.3) is 0 Å². The number of morpholine rings is 1. The molecule has 0 spiro atoms. The van der Waals surface area contributed by atoms with Crippen LogP contribution in [0.2, 0.25) is 0 Å². The summed E-state index contributed by atoms with van der Waals surface area (Å²) < 4.78 is 7.60. The molecule has 134 valence electrons. The summed E-state index contributed by atoms with van der Waals surface area (Å²) >= 11 is 0. The number of aryl methyl sites for hydroxylation is 2. The number of aromatic nitrogens is 2. The molecular weight excluding hydrogens is 316 g/mol. The summed E-state index contributed by atoms with van der Waals surface area (Å²) in [6.07, 6.45) is 6.62. The van der Waals surface area contributed by atoms with Gasteiger partial charge < -0.3 is 15.0 Å². The highest BCUT2D eigenvalue weighted by atomic mass is 16.5. The maximum atomic E-state index is 12.4. The molecule has 3 rings (SSSR count). The van der Waals surface area contributed by atoms with Gasteiger partial charge in [0.05, 0.1) is 18.9 Å². The highest BCUT2D eigenvalue weighted by molar-refractivity contribution is 5.74. The standard InChI is InChI=1S/C19H26N4O2/c1-22-14-17(13-21-22)9-10-20-19(24)23-11-12-25-18(15-23)8-7-16-5-3-2-4-6-16/h2-6,13-14,18H,7-12,15H2,1H3,(H,20,24)/t18-/m0/s1. The minimum Gasteiger partial charge on any atom is -0.375 e. The number of benzene rings is 1. The lowest BCUT2D eigenvalue weighted by Gasteiger charge is -2.33. The molecule has 0 aliphatic carbocycles. The minimum atomic E-state index is -0.00287. The SMILES string of the molecule is Cn1cc(CCNC(=O)N2CCO[C@@H](CCc3ccccc3)C2)cn1. The third kappa shape index (κ3) is 5.32. The number of nitrogens with zero attached hydrogens (tertiary/aromatic N) is 3. The van der Waals surface area contributed by atoms with Crippen LogP contribution in [0.4, 0.5) is 4.79 Å². The zero-order chi connectivity index (χ0) is 17.5. The smallest absolute Gasteiger partial charge is 0.317 e. The largest absolute Gasteiger partial charge is 0.375 e. The number of carbonyl (C=O) groups excluding carboxylic acids is 1. The Hall–Kier alpha value is -2.34. The number of carbonyl (C=O) groups is 1. The Labute approximate surface area is 148 Å². The van der Waals surface area contributed by atoms with Crippen LogP contribution in [0, 0.1) is 0 Å². The van der Waals surface area contributed by atoms with E-state index < -0.39 is 0 Å². The fourth-order valence-electron chi connectivity index (χ4n) is 3.08. The molecule has 1 saturated heterocycles. The van der Waals surface area contributed by atoms with Crippen LogP contribution in [-0.2, 0) is 24.6 Å². The third-order valence-electron chi connectivity index (χ3n) is 4.47. The number of urea groups is 1. The molecule has 1 aliphatic rings. The summed E-state index contributed by atoms with van der Waals surface area (Å²) in [7, 11) is 1.89. The van der Waals surface area contributed by atoms with E-state index in [1.165, 1.54) is 5.56 Å². The van der Waals surface area contributed by atoms with Crippen molar-refractivity contribution in [3.05, 3.63) is 53.9 Å². The van der Waals surface area contributed by atoms with Crippen molar-refractivity contribution in [1.82, 2.24) is 20.0 Å². The Morgan fingerprint density at radius 3 is 2.88 bits per heavy atom. The first kappa shape index (κ1) is 17.5. The molecule has 0 radical (unpaired) electrons. The second-order valence-corrected chi connectivity index (χ2v) is 6.47. The molecule has 2 heterocycles. The zero-order valence-corrected chi connectivity index (χ0v) is 14.7. The molecule has 0 saturated carbocycles. The van der Waals surface area contributed by atoms with Gasteiger partial charge >= 0.3 is 6.03 Å². The first-order valence-corrected chi connectivity index (χ1v) is 8.86. The Bertz CT molecular complexity index is 671. The molecule has 0 unspecified atom stereocenters. The number of hydrogen-bond donors (Lipinski definition) is 1.